The molecule has 0 radical (unpaired) electrons. The second-order valence-corrected chi connectivity index (χ2v) is 10.3. The van der Waals surface area contributed by atoms with Crippen LogP contribution in [0, 0.1) is 10.7 Å². The number of nitrogens with zero attached hydrogens (tertiary/aromatic N) is 3. The number of aromatic nitrogens is 4. The van der Waals surface area contributed by atoms with Crippen LogP contribution in [0.1, 0.15) is 11.1 Å². The molecule has 1 fully saturated rings. The van der Waals surface area contributed by atoms with Crippen molar-refractivity contribution in [2.45, 2.75) is 13.0 Å². The smallest absolute Gasteiger partial charge is 0.214 e. The van der Waals surface area contributed by atoms with E-state index in [0.29, 0.717) is 28.0 Å². The van der Waals surface area contributed by atoms with Gasteiger partial charge in [0.1, 0.15) is 10.7 Å². The summed E-state index contributed by atoms with van der Waals surface area (Å²) in [6, 6.07) is 23.8. The van der Waals surface area contributed by atoms with Gasteiger partial charge in [0.05, 0.1) is 25.3 Å². The summed E-state index contributed by atoms with van der Waals surface area (Å²) < 4.78 is 7.19. The molecule has 1 saturated heterocycles. The molecule has 200 valence electrons. The predicted octanol–water partition coefficient (Wildman–Crippen LogP) is 3.88. The molecular weight excluding hydrogens is 502 g/mol. The molecule has 3 aromatic carbocycles. The molecule has 0 atom stereocenters. The third-order valence-electron chi connectivity index (χ3n) is 7.95. The molecule has 3 heterocycles. The number of rotatable bonds is 6. The molecule has 0 amide bonds. The molecule has 0 unspecified atom stereocenters. The molecule has 1 aromatic heterocycles. The van der Waals surface area contributed by atoms with Crippen molar-refractivity contribution in [2.24, 2.45) is 0 Å². The van der Waals surface area contributed by atoms with Crippen LogP contribution < -0.4 is 10.9 Å². The van der Waals surface area contributed by atoms with Crippen molar-refractivity contribution in [3.05, 3.63) is 121 Å². The summed E-state index contributed by atoms with van der Waals surface area (Å²) in [4.78, 5) is 33.4. The Morgan fingerprint density at radius 2 is 1.57 bits per heavy atom. The molecule has 4 aromatic rings. The van der Waals surface area contributed by atoms with Gasteiger partial charge in [-0.15, -0.1) is 0 Å². The fourth-order valence-corrected chi connectivity index (χ4v) is 5.79. The van der Waals surface area contributed by atoms with Crippen LogP contribution in [0.2, 0.25) is 0 Å². The fraction of sp³-hybridized carbons (Fsp3) is 0.219. The zero-order valence-corrected chi connectivity index (χ0v) is 22.0. The number of pyridine rings is 1. The highest BCUT2D eigenvalue weighted by atomic mass is 16.5. The number of hydrogen-bond donors (Lipinski definition) is 2. The molecule has 3 aliphatic rings. The first-order chi connectivity index (χ1) is 19.7. The van der Waals surface area contributed by atoms with Gasteiger partial charge in [-0.1, -0.05) is 66.7 Å². The molecule has 2 aliphatic heterocycles. The summed E-state index contributed by atoms with van der Waals surface area (Å²) in [6.07, 6.45) is 2.83. The van der Waals surface area contributed by atoms with Crippen LogP contribution in [0.5, 0.6) is 0 Å². The quantitative estimate of drug-likeness (QED) is 0.340. The first-order valence-electron chi connectivity index (χ1n) is 13.7. The largest absolute Gasteiger partial charge is 0.379 e. The highest BCUT2D eigenvalue weighted by Gasteiger charge is 2.14. The Labute approximate surface area is 229 Å². The van der Waals surface area contributed by atoms with Crippen LogP contribution in [0.25, 0.3) is 32.8 Å². The van der Waals surface area contributed by atoms with Gasteiger partial charge in [0, 0.05) is 47.6 Å². The van der Waals surface area contributed by atoms with Gasteiger partial charge in [-0.05, 0) is 29.2 Å². The topological polar surface area (TPSA) is 96.0 Å². The maximum absolute atomic E-state index is 13.2. The van der Waals surface area contributed by atoms with Gasteiger partial charge >= 0.3 is 0 Å². The van der Waals surface area contributed by atoms with E-state index in [0.717, 1.165) is 61.5 Å². The number of morpholine rings is 1. The van der Waals surface area contributed by atoms with Crippen molar-refractivity contribution in [1.29, 1.82) is 0 Å². The number of fused-ring (bicyclic) bond motifs is 2. The summed E-state index contributed by atoms with van der Waals surface area (Å²) in [5.74, 6) is 0. The van der Waals surface area contributed by atoms with E-state index in [-0.39, 0.29) is 10.9 Å². The third-order valence-corrected chi connectivity index (χ3v) is 7.95. The molecule has 8 heteroatoms. The number of H-pyrrole nitrogens is 2. The lowest BCUT2D eigenvalue weighted by Crippen LogP contribution is -2.37. The lowest BCUT2D eigenvalue weighted by molar-refractivity contribution is 0.0385. The van der Waals surface area contributed by atoms with Crippen molar-refractivity contribution in [2.75, 3.05) is 32.8 Å². The van der Waals surface area contributed by atoms with E-state index in [1.807, 2.05) is 12.3 Å². The highest BCUT2D eigenvalue weighted by molar-refractivity contribution is 5.95. The molecule has 7 rings (SSSR count). The predicted molar refractivity (Wildman–Crippen MR) is 156 cm³/mol. The monoisotopic (exact) mass is 531 g/mol. The van der Waals surface area contributed by atoms with Crippen molar-refractivity contribution < 1.29 is 4.74 Å². The highest BCUT2D eigenvalue weighted by Crippen LogP contribution is 2.30. The normalized spacial score (nSPS) is 14.4. The Bertz CT molecular complexity index is 2020. The lowest BCUT2D eigenvalue weighted by Gasteiger charge is -2.26. The van der Waals surface area contributed by atoms with E-state index in [9.17, 15) is 9.59 Å². The standard InChI is InChI=1S/C32H29N5O3/c38-31-26-4-1-2-5-27(26)32(39)30-29(31)34-35-37(30)20-21-7-9-22(10-8-21)25-12-11-23(24-6-3-14-33-28(24)25)13-15-36-16-18-40-19-17-36/h1-12,14,34-35H,13,15-20H2. The first kappa shape index (κ1) is 24.5. The SMILES string of the molecule is O=c1c2[nH][nH]n(Cc3ccc(-c4ccc(CCN5CCOCC5)c5cccnc45)cc3)c=2c(=O)c2ccccc12. The van der Waals surface area contributed by atoms with Crippen molar-refractivity contribution in [3.8, 4) is 11.1 Å². The van der Waals surface area contributed by atoms with Gasteiger partial charge in [-0.3, -0.25) is 29.3 Å². The van der Waals surface area contributed by atoms with Gasteiger partial charge in [-0.2, -0.15) is 0 Å². The minimum Gasteiger partial charge on any atom is -0.379 e. The molecular formula is C32H29N5O3. The zero-order chi connectivity index (χ0) is 27.1. The Hall–Kier alpha value is -4.53. The van der Waals surface area contributed by atoms with Crippen LogP contribution in [-0.2, 0) is 17.7 Å². The Morgan fingerprint density at radius 1 is 0.825 bits per heavy atom. The van der Waals surface area contributed by atoms with Crippen molar-refractivity contribution in [3.63, 3.8) is 0 Å². The molecule has 40 heavy (non-hydrogen) atoms. The third kappa shape index (κ3) is 4.31. The van der Waals surface area contributed by atoms with Gasteiger partial charge < -0.3 is 4.74 Å². The first-order valence-corrected chi connectivity index (χ1v) is 13.7. The molecule has 1 aliphatic carbocycles. The van der Waals surface area contributed by atoms with E-state index < -0.39 is 0 Å². The average molecular weight is 532 g/mol. The lowest BCUT2D eigenvalue weighted by atomic mass is 9.96. The minimum atomic E-state index is -0.177. The number of ether oxygens (including phenoxy) is 1. The minimum absolute atomic E-state index is 0.162. The number of benzene rings is 3. The summed E-state index contributed by atoms with van der Waals surface area (Å²) in [6.45, 7) is 5.02. The summed E-state index contributed by atoms with van der Waals surface area (Å²) in [7, 11) is 0. The van der Waals surface area contributed by atoms with Crippen LogP contribution in [-0.4, -0.2) is 57.7 Å². The second kappa shape index (κ2) is 10.2. The molecule has 8 nitrogen and oxygen atoms in total. The zero-order valence-electron chi connectivity index (χ0n) is 22.0. The van der Waals surface area contributed by atoms with Crippen LogP contribution in [0.4, 0.5) is 0 Å². The van der Waals surface area contributed by atoms with Gasteiger partial charge in [0.15, 0.2) is 0 Å². The summed E-state index contributed by atoms with van der Waals surface area (Å²) in [5.41, 5.74) is 5.14. The summed E-state index contributed by atoms with van der Waals surface area (Å²) >= 11 is 0. The second-order valence-electron chi connectivity index (χ2n) is 10.3. The summed E-state index contributed by atoms with van der Waals surface area (Å²) in [5, 5.41) is 8.62. The fourth-order valence-electron chi connectivity index (χ4n) is 5.79. The number of nitrogens with one attached hydrogen (secondary N) is 2. The van der Waals surface area contributed by atoms with Crippen molar-refractivity contribution in [1.82, 2.24) is 24.9 Å². The maximum atomic E-state index is 13.2. The maximum Gasteiger partial charge on any atom is 0.214 e. The van der Waals surface area contributed by atoms with Crippen molar-refractivity contribution >= 4 is 21.7 Å². The van der Waals surface area contributed by atoms with Gasteiger partial charge in [-0.25, -0.2) is 5.21 Å². The molecule has 2 N–H and O–H groups in total. The van der Waals surface area contributed by atoms with E-state index in [1.54, 1.807) is 28.9 Å². The Balaban J connectivity index is 1.18. The number of aromatic amines is 2. The Morgan fingerprint density at radius 3 is 2.38 bits per heavy atom. The van der Waals surface area contributed by atoms with Gasteiger partial charge in [0.2, 0.25) is 10.9 Å². The molecule has 0 spiro atoms. The number of hydrogen-bond acceptors (Lipinski definition) is 5. The van der Waals surface area contributed by atoms with Crippen LogP contribution in [0.15, 0.2) is 88.6 Å². The van der Waals surface area contributed by atoms with E-state index in [1.165, 1.54) is 10.9 Å². The van der Waals surface area contributed by atoms with E-state index in [4.69, 9.17) is 9.72 Å². The van der Waals surface area contributed by atoms with Gasteiger partial charge in [0.25, 0.3) is 0 Å². The van der Waals surface area contributed by atoms with E-state index >= 15 is 0 Å². The Kier molecular flexibility index (Phi) is 6.26. The molecule has 0 saturated carbocycles. The average Bonchev–Trinajstić information content (AvgIpc) is 3.43. The molecule has 0 bridgehead atoms. The van der Waals surface area contributed by atoms with Crippen LogP contribution >= 0.6 is 0 Å². The van der Waals surface area contributed by atoms with E-state index in [2.05, 4.69) is 57.7 Å². The van der Waals surface area contributed by atoms with Crippen LogP contribution in [0.3, 0.4) is 0 Å².